The Hall–Kier alpha value is -0.980. The second kappa shape index (κ2) is 4.72. The molecular weight excluding hydrogens is 257 g/mol. The summed E-state index contributed by atoms with van der Waals surface area (Å²) < 4.78 is 61.7. The highest BCUT2D eigenvalue weighted by atomic mass is 32.2. The molecule has 0 amide bonds. The standard InChI is InChI=1S/C10H13F3O3S/c1-7(2)8-3-5-9(6-4-8)16-17(14,15)10(11,12)13/h5H,3-4,6H2,1-2H3. The largest absolute Gasteiger partial charge is 0.534 e. The van der Waals surface area contributed by atoms with Crippen molar-refractivity contribution in [2.45, 2.75) is 38.6 Å². The Labute approximate surface area is 98.1 Å². The number of halogens is 3. The molecule has 1 aliphatic carbocycles. The highest BCUT2D eigenvalue weighted by Crippen LogP contribution is 2.31. The second-order valence-corrected chi connectivity index (χ2v) is 5.50. The average molecular weight is 270 g/mol. The molecule has 0 heterocycles. The summed E-state index contributed by atoms with van der Waals surface area (Å²) in [6.45, 7) is 3.81. The van der Waals surface area contributed by atoms with Crippen LogP contribution in [0.25, 0.3) is 0 Å². The van der Waals surface area contributed by atoms with Crippen molar-refractivity contribution >= 4 is 10.1 Å². The lowest BCUT2D eigenvalue weighted by atomic mass is 9.96. The van der Waals surface area contributed by atoms with Gasteiger partial charge in [-0.15, -0.1) is 0 Å². The van der Waals surface area contributed by atoms with Crippen LogP contribution in [0.5, 0.6) is 0 Å². The smallest absolute Gasteiger partial charge is 0.381 e. The third-order valence-electron chi connectivity index (χ3n) is 2.46. The van der Waals surface area contributed by atoms with Crippen molar-refractivity contribution in [1.29, 1.82) is 0 Å². The molecule has 1 aliphatic rings. The van der Waals surface area contributed by atoms with Gasteiger partial charge in [-0.2, -0.15) is 21.6 Å². The molecule has 0 aromatic heterocycles. The summed E-state index contributed by atoms with van der Waals surface area (Å²) in [5.74, 6) is -0.132. The Morgan fingerprint density at radius 3 is 2.24 bits per heavy atom. The molecule has 98 valence electrons. The van der Waals surface area contributed by atoms with E-state index in [1.807, 2.05) is 13.8 Å². The summed E-state index contributed by atoms with van der Waals surface area (Å²) in [5.41, 5.74) is -3.18. The van der Waals surface area contributed by atoms with Crippen molar-refractivity contribution in [2.24, 2.45) is 0 Å². The van der Waals surface area contributed by atoms with Crippen LogP contribution in [-0.4, -0.2) is 13.9 Å². The first-order valence-corrected chi connectivity index (χ1v) is 6.39. The maximum atomic E-state index is 12.0. The summed E-state index contributed by atoms with van der Waals surface area (Å²) in [7, 11) is -5.52. The molecule has 0 saturated heterocycles. The van der Waals surface area contributed by atoms with Gasteiger partial charge in [-0.1, -0.05) is 11.1 Å². The van der Waals surface area contributed by atoms with Gasteiger partial charge in [0.05, 0.1) is 0 Å². The highest BCUT2D eigenvalue weighted by molar-refractivity contribution is 7.87. The molecule has 0 atom stereocenters. The first-order chi connectivity index (χ1) is 7.63. The first-order valence-electron chi connectivity index (χ1n) is 4.98. The molecule has 1 rings (SSSR count). The Bertz CT molecular complexity index is 454. The van der Waals surface area contributed by atoms with Crippen molar-refractivity contribution in [3.63, 3.8) is 0 Å². The molecule has 0 aromatic carbocycles. The van der Waals surface area contributed by atoms with E-state index < -0.39 is 15.6 Å². The van der Waals surface area contributed by atoms with E-state index in [2.05, 4.69) is 4.18 Å². The molecule has 0 aliphatic heterocycles. The molecular formula is C10H13F3O3S. The SMILES string of the molecule is CC(C)=C1CC=C(OS(=O)(=O)C(F)(F)F)CC1. The van der Waals surface area contributed by atoms with Crippen LogP contribution in [0, 0.1) is 0 Å². The van der Waals surface area contributed by atoms with E-state index in [-0.39, 0.29) is 12.2 Å². The molecule has 0 unspecified atom stereocenters. The van der Waals surface area contributed by atoms with E-state index in [1.54, 1.807) is 0 Å². The van der Waals surface area contributed by atoms with Crippen LogP contribution in [0.3, 0.4) is 0 Å². The zero-order chi connectivity index (χ0) is 13.3. The Morgan fingerprint density at radius 1 is 1.29 bits per heavy atom. The molecule has 17 heavy (non-hydrogen) atoms. The van der Waals surface area contributed by atoms with Crippen LogP contribution in [0.15, 0.2) is 23.0 Å². The van der Waals surface area contributed by atoms with Crippen molar-refractivity contribution < 1.29 is 25.8 Å². The summed E-state index contributed by atoms with van der Waals surface area (Å²) in [6, 6.07) is 0. The maximum Gasteiger partial charge on any atom is 0.534 e. The molecule has 0 fully saturated rings. The topological polar surface area (TPSA) is 43.4 Å². The summed E-state index contributed by atoms with van der Waals surface area (Å²) in [4.78, 5) is 0. The van der Waals surface area contributed by atoms with E-state index >= 15 is 0 Å². The number of alkyl halides is 3. The summed E-state index contributed by atoms with van der Waals surface area (Å²) >= 11 is 0. The molecule has 0 radical (unpaired) electrons. The molecule has 0 bridgehead atoms. The number of allylic oxidation sites excluding steroid dienone is 4. The molecule has 0 aromatic rings. The van der Waals surface area contributed by atoms with Crippen molar-refractivity contribution in [3.8, 4) is 0 Å². The lowest BCUT2D eigenvalue weighted by molar-refractivity contribution is -0.0523. The van der Waals surface area contributed by atoms with E-state index in [9.17, 15) is 21.6 Å². The normalized spacial score (nSPS) is 17.7. The van der Waals surface area contributed by atoms with Crippen molar-refractivity contribution in [1.82, 2.24) is 0 Å². The van der Waals surface area contributed by atoms with Gasteiger partial charge in [0, 0.05) is 6.42 Å². The second-order valence-electron chi connectivity index (χ2n) is 3.96. The summed E-state index contributed by atoms with van der Waals surface area (Å²) in [5, 5.41) is 0. The van der Waals surface area contributed by atoms with E-state index in [4.69, 9.17) is 0 Å². The Kier molecular flexibility index (Phi) is 3.91. The quantitative estimate of drug-likeness (QED) is 0.439. The van der Waals surface area contributed by atoms with Crippen LogP contribution in [0.1, 0.15) is 33.1 Å². The van der Waals surface area contributed by atoms with Gasteiger partial charge >= 0.3 is 15.6 Å². The van der Waals surface area contributed by atoms with Crippen molar-refractivity contribution in [2.75, 3.05) is 0 Å². The van der Waals surface area contributed by atoms with E-state index in [0.717, 1.165) is 11.1 Å². The van der Waals surface area contributed by atoms with Gasteiger partial charge in [0.2, 0.25) is 0 Å². The predicted octanol–water partition coefficient (Wildman–Crippen LogP) is 3.26. The Morgan fingerprint density at radius 2 is 1.88 bits per heavy atom. The molecule has 7 heteroatoms. The van der Waals surface area contributed by atoms with E-state index in [0.29, 0.717) is 12.8 Å². The molecule has 0 N–H and O–H groups in total. The van der Waals surface area contributed by atoms with Gasteiger partial charge in [0.15, 0.2) is 0 Å². The van der Waals surface area contributed by atoms with Gasteiger partial charge in [0.1, 0.15) is 5.76 Å². The third kappa shape index (κ3) is 3.49. The summed E-state index contributed by atoms with van der Waals surface area (Å²) in [6.07, 6.45) is 2.53. The van der Waals surface area contributed by atoms with Crippen LogP contribution < -0.4 is 0 Å². The minimum atomic E-state index is -5.52. The van der Waals surface area contributed by atoms with Gasteiger partial charge in [-0.05, 0) is 32.8 Å². The number of rotatable bonds is 2. The predicted molar refractivity (Wildman–Crippen MR) is 56.4 cm³/mol. The zero-order valence-corrected chi connectivity index (χ0v) is 10.3. The Balaban J connectivity index is 2.78. The first kappa shape index (κ1) is 14.1. The van der Waals surface area contributed by atoms with Crippen molar-refractivity contribution in [3.05, 3.63) is 23.0 Å². The molecule has 3 nitrogen and oxygen atoms in total. The number of hydrogen-bond donors (Lipinski definition) is 0. The van der Waals surface area contributed by atoms with Crippen LogP contribution >= 0.6 is 0 Å². The van der Waals surface area contributed by atoms with Gasteiger partial charge in [0.25, 0.3) is 0 Å². The van der Waals surface area contributed by atoms with Crippen LogP contribution in [0.4, 0.5) is 13.2 Å². The van der Waals surface area contributed by atoms with Crippen LogP contribution in [0.2, 0.25) is 0 Å². The monoisotopic (exact) mass is 270 g/mol. The van der Waals surface area contributed by atoms with Crippen LogP contribution in [-0.2, 0) is 14.3 Å². The fraction of sp³-hybridized carbons (Fsp3) is 0.600. The lowest BCUT2D eigenvalue weighted by Crippen LogP contribution is -2.25. The fourth-order valence-corrected chi connectivity index (χ4v) is 1.96. The minimum absolute atomic E-state index is 0.132. The van der Waals surface area contributed by atoms with Gasteiger partial charge in [-0.25, -0.2) is 0 Å². The maximum absolute atomic E-state index is 12.0. The zero-order valence-electron chi connectivity index (χ0n) is 9.47. The van der Waals surface area contributed by atoms with Gasteiger partial charge < -0.3 is 4.18 Å². The number of hydrogen-bond acceptors (Lipinski definition) is 3. The lowest BCUT2D eigenvalue weighted by Gasteiger charge is -2.18. The molecule has 0 saturated carbocycles. The highest BCUT2D eigenvalue weighted by Gasteiger charge is 2.48. The molecule has 0 spiro atoms. The third-order valence-corrected chi connectivity index (χ3v) is 3.46. The van der Waals surface area contributed by atoms with Gasteiger partial charge in [-0.3, -0.25) is 0 Å². The minimum Gasteiger partial charge on any atom is -0.381 e. The fourth-order valence-electron chi connectivity index (χ4n) is 1.43. The van der Waals surface area contributed by atoms with E-state index in [1.165, 1.54) is 6.08 Å². The average Bonchev–Trinajstić information content (AvgIpc) is 2.16.